The number of rotatable bonds is 4. The van der Waals surface area contributed by atoms with Crippen LogP contribution < -0.4 is 0 Å². The number of ketones is 1. The van der Waals surface area contributed by atoms with E-state index in [-0.39, 0.29) is 23.5 Å². The Bertz CT molecular complexity index is 789. The molecular weight excluding hydrogens is 318 g/mol. The van der Waals surface area contributed by atoms with E-state index in [0.29, 0.717) is 13.1 Å². The molecule has 2 N–H and O–H groups in total. The molecule has 0 saturated carbocycles. The molecule has 2 aliphatic heterocycles. The SMILES string of the molecule is CCN1CCN2C1=C([N+](=O)[O-])C(=O)C2(O)c1ccccc1C(=O)O. The minimum atomic E-state index is -2.39. The van der Waals surface area contributed by atoms with Crippen LogP contribution in [0.25, 0.3) is 0 Å². The summed E-state index contributed by atoms with van der Waals surface area (Å²) in [4.78, 5) is 37.6. The van der Waals surface area contributed by atoms with Gasteiger partial charge in [-0.05, 0) is 13.0 Å². The van der Waals surface area contributed by atoms with Gasteiger partial charge in [-0.2, -0.15) is 0 Å². The van der Waals surface area contributed by atoms with Gasteiger partial charge in [0.15, 0.2) is 5.82 Å². The second-order valence-electron chi connectivity index (χ2n) is 5.51. The fraction of sp³-hybridized carbons (Fsp3) is 0.333. The Balaban J connectivity index is 2.23. The normalized spacial score (nSPS) is 23.0. The maximum atomic E-state index is 12.7. The number of aliphatic hydroxyl groups is 1. The van der Waals surface area contributed by atoms with Gasteiger partial charge in [-0.3, -0.25) is 14.9 Å². The van der Waals surface area contributed by atoms with E-state index in [9.17, 15) is 29.9 Å². The number of likely N-dealkylation sites (N-methyl/N-ethyl adjacent to an activating group) is 1. The molecule has 0 aromatic heterocycles. The smallest absolute Gasteiger partial charge is 0.357 e. The molecule has 0 bridgehead atoms. The molecule has 0 spiro atoms. The number of fused-ring (bicyclic) bond motifs is 1. The van der Waals surface area contributed by atoms with Crippen LogP contribution in [0.5, 0.6) is 0 Å². The predicted molar refractivity (Wildman–Crippen MR) is 80.3 cm³/mol. The molecule has 0 amide bonds. The highest BCUT2D eigenvalue weighted by atomic mass is 16.6. The highest BCUT2D eigenvalue weighted by Gasteiger charge is 2.62. The minimum Gasteiger partial charge on any atom is -0.478 e. The molecule has 3 rings (SSSR count). The van der Waals surface area contributed by atoms with Crippen LogP contribution in [-0.2, 0) is 10.5 Å². The number of Topliss-reactive ketones (excluding diaryl/α,β-unsaturated/α-hetero) is 1. The summed E-state index contributed by atoms with van der Waals surface area (Å²) < 4.78 is 0. The number of hydrogen-bond donors (Lipinski definition) is 2. The lowest BCUT2D eigenvalue weighted by Gasteiger charge is -2.32. The lowest BCUT2D eigenvalue weighted by atomic mass is 9.93. The number of hydrogen-bond acceptors (Lipinski definition) is 7. The van der Waals surface area contributed by atoms with E-state index in [1.54, 1.807) is 11.8 Å². The molecule has 0 aliphatic carbocycles. The van der Waals surface area contributed by atoms with Gasteiger partial charge in [-0.1, -0.05) is 18.2 Å². The van der Waals surface area contributed by atoms with Gasteiger partial charge in [0.1, 0.15) is 0 Å². The summed E-state index contributed by atoms with van der Waals surface area (Å²) in [5.74, 6) is -2.40. The molecule has 1 fully saturated rings. The van der Waals surface area contributed by atoms with Gasteiger partial charge in [0.25, 0.3) is 5.78 Å². The predicted octanol–water partition coefficient (Wildman–Crippen LogP) is 0.196. The Morgan fingerprint density at radius 1 is 1.38 bits per heavy atom. The van der Waals surface area contributed by atoms with Crippen molar-refractivity contribution in [1.82, 2.24) is 9.80 Å². The molecule has 2 heterocycles. The second-order valence-corrected chi connectivity index (χ2v) is 5.51. The van der Waals surface area contributed by atoms with E-state index < -0.39 is 28.1 Å². The molecule has 24 heavy (non-hydrogen) atoms. The maximum absolute atomic E-state index is 12.7. The van der Waals surface area contributed by atoms with Crippen LogP contribution in [0.4, 0.5) is 0 Å². The quantitative estimate of drug-likeness (QED) is 0.591. The van der Waals surface area contributed by atoms with Crippen LogP contribution in [0.15, 0.2) is 35.8 Å². The number of carbonyl (C=O) groups is 2. The molecular formula is C15H15N3O6. The number of carboxylic acid groups (broad SMARTS) is 1. The molecule has 9 heteroatoms. The first-order chi connectivity index (χ1) is 11.3. The Morgan fingerprint density at radius 3 is 2.62 bits per heavy atom. The summed E-state index contributed by atoms with van der Waals surface area (Å²) in [5, 5.41) is 31.8. The number of carbonyl (C=O) groups excluding carboxylic acids is 1. The molecule has 1 aromatic rings. The van der Waals surface area contributed by atoms with Crippen LogP contribution in [0.3, 0.4) is 0 Å². The van der Waals surface area contributed by atoms with E-state index in [0.717, 1.165) is 0 Å². The van der Waals surface area contributed by atoms with E-state index in [4.69, 9.17) is 0 Å². The van der Waals surface area contributed by atoms with E-state index in [2.05, 4.69) is 0 Å². The van der Waals surface area contributed by atoms with Crippen LogP contribution in [0.1, 0.15) is 22.8 Å². The van der Waals surface area contributed by atoms with Crippen molar-refractivity contribution >= 4 is 11.8 Å². The lowest BCUT2D eigenvalue weighted by molar-refractivity contribution is -0.420. The van der Waals surface area contributed by atoms with Gasteiger partial charge in [0, 0.05) is 25.2 Å². The lowest BCUT2D eigenvalue weighted by Crippen LogP contribution is -2.47. The number of nitro groups is 1. The molecule has 1 atom stereocenters. The average molecular weight is 333 g/mol. The van der Waals surface area contributed by atoms with Crippen molar-refractivity contribution in [3.63, 3.8) is 0 Å². The zero-order valence-electron chi connectivity index (χ0n) is 12.8. The first-order valence-corrected chi connectivity index (χ1v) is 7.35. The summed E-state index contributed by atoms with van der Waals surface area (Å²) in [5.41, 5.74) is -3.55. The number of benzene rings is 1. The first kappa shape index (κ1) is 15.9. The Morgan fingerprint density at radius 2 is 2.04 bits per heavy atom. The van der Waals surface area contributed by atoms with E-state index >= 15 is 0 Å². The fourth-order valence-electron chi connectivity index (χ4n) is 3.30. The highest BCUT2D eigenvalue weighted by molar-refractivity contribution is 6.05. The number of nitrogens with zero attached hydrogens (tertiary/aromatic N) is 3. The van der Waals surface area contributed by atoms with Gasteiger partial charge in [0.05, 0.1) is 10.5 Å². The summed E-state index contributed by atoms with van der Waals surface area (Å²) >= 11 is 0. The topological polar surface area (TPSA) is 124 Å². The van der Waals surface area contributed by atoms with Crippen molar-refractivity contribution in [3.05, 3.63) is 57.0 Å². The fourth-order valence-corrected chi connectivity index (χ4v) is 3.30. The maximum Gasteiger partial charge on any atom is 0.357 e. The molecule has 0 radical (unpaired) electrons. The zero-order chi connectivity index (χ0) is 17.6. The Kier molecular flexibility index (Phi) is 3.52. The standard InChI is InChI=1S/C15H15N3O6/c1-2-16-7-8-17-13(16)11(18(23)24)12(19)15(17,22)10-6-4-3-5-9(10)14(20)21/h3-6,22H,2,7-8H2,1H3,(H,20,21). The Labute approximate surface area is 136 Å². The van der Waals surface area contributed by atoms with Crippen molar-refractivity contribution in [2.24, 2.45) is 0 Å². The number of carboxylic acids is 1. The van der Waals surface area contributed by atoms with Crippen molar-refractivity contribution in [3.8, 4) is 0 Å². The van der Waals surface area contributed by atoms with Crippen molar-refractivity contribution < 1.29 is 24.7 Å². The molecule has 2 aliphatic rings. The summed E-state index contributed by atoms with van der Waals surface area (Å²) in [6.07, 6.45) is 0. The van der Waals surface area contributed by atoms with E-state index in [1.807, 2.05) is 0 Å². The second kappa shape index (κ2) is 5.31. The van der Waals surface area contributed by atoms with Crippen LogP contribution in [-0.4, -0.2) is 56.3 Å². The third-order valence-electron chi connectivity index (χ3n) is 4.38. The zero-order valence-corrected chi connectivity index (χ0v) is 12.8. The molecule has 1 unspecified atom stereocenters. The molecule has 1 aromatic carbocycles. The van der Waals surface area contributed by atoms with Gasteiger partial charge < -0.3 is 20.0 Å². The van der Waals surface area contributed by atoms with Crippen molar-refractivity contribution in [1.29, 1.82) is 0 Å². The first-order valence-electron chi connectivity index (χ1n) is 7.35. The monoisotopic (exact) mass is 333 g/mol. The summed E-state index contributed by atoms with van der Waals surface area (Å²) in [7, 11) is 0. The molecule has 1 saturated heterocycles. The summed E-state index contributed by atoms with van der Waals surface area (Å²) in [6.45, 7) is 2.78. The third-order valence-corrected chi connectivity index (χ3v) is 4.38. The van der Waals surface area contributed by atoms with Crippen LogP contribution >= 0.6 is 0 Å². The van der Waals surface area contributed by atoms with Gasteiger partial charge in [-0.15, -0.1) is 0 Å². The van der Waals surface area contributed by atoms with Crippen LogP contribution in [0.2, 0.25) is 0 Å². The van der Waals surface area contributed by atoms with Gasteiger partial charge in [-0.25, -0.2) is 4.79 Å². The third kappa shape index (κ3) is 1.91. The Hall–Kier alpha value is -2.94. The highest BCUT2D eigenvalue weighted by Crippen LogP contribution is 2.44. The van der Waals surface area contributed by atoms with Crippen molar-refractivity contribution in [2.45, 2.75) is 12.6 Å². The van der Waals surface area contributed by atoms with E-state index in [1.165, 1.54) is 29.2 Å². The minimum absolute atomic E-state index is 0.0372. The molecule has 126 valence electrons. The van der Waals surface area contributed by atoms with Crippen molar-refractivity contribution in [2.75, 3.05) is 19.6 Å². The van der Waals surface area contributed by atoms with Gasteiger partial charge in [0.2, 0.25) is 5.72 Å². The molecule has 9 nitrogen and oxygen atoms in total. The van der Waals surface area contributed by atoms with Gasteiger partial charge >= 0.3 is 11.7 Å². The van der Waals surface area contributed by atoms with Crippen LogP contribution in [0, 0.1) is 10.1 Å². The largest absolute Gasteiger partial charge is 0.478 e. The average Bonchev–Trinajstić information content (AvgIpc) is 3.06. The number of aromatic carboxylic acids is 1. The summed E-state index contributed by atoms with van der Waals surface area (Å²) in [6, 6.07) is 5.49.